The molecule has 2 nitrogen and oxygen atoms in total. The molecule has 0 radical (unpaired) electrons. The molecule has 98 valence electrons. The number of aryl methyl sites for hydroxylation is 2. The average molecular weight is 254 g/mol. The largest absolute Gasteiger partial charge is 0.488 e. The van der Waals surface area contributed by atoms with Crippen LogP contribution in [0.1, 0.15) is 34.0 Å². The van der Waals surface area contributed by atoms with Crippen molar-refractivity contribution in [2.75, 3.05) is 0 Å². The van der Waals surface area contributed by atoms with Crippen molar-refractivity contribution < 1.29 is 9.53 Å². The van der Waals surface area contributed by atoms with Gasteiger partial charge in [-0.1, -0.05) is 42.8 Å². The first-order valence-electron chi connectivity index (χ1n) is 6.49. The van der Waals surface area contributed by atoms with Crippen LogP contribution in [0.5, 0.6) is 5.75 Å². The van der Waals surface area contributed by atoms with E-state index in [0.717, 1.165) is 23.8 Å². The number of carbonyl (C=O) groups excluding carboxylic acids is 1. The second kappa shape index (κ2) is 6.19. The number of hydrogen-bond acceptors (Lipinski definition) is 2. The molecule has 0 aromatic heterocycles. The lowest BCUT2D eigenvalue weighted by atomic mass is 10.1. The van der Waals surface area contributed by atoms with E-state index in [-0.39, 0.29) is 0 Å². The minimum absolute atomic E-state index is 0.480. The normalized spacial score (nSPS) is 10.2. The summed E-state index contributed by atoms with van der Waals surface area (Å²) in [6.07, 6.45) is 1.87. The standard InChI is InChI=1S/C17H18O2/c1-3-14-5-7-15(8-6-14)12-19-17-9-4-13(2)10-16(17)11-18/h4-11H,3,12H2,1-2H3. The van der Waals surface area contributed by atoms with E-state index < -0.39 is 0 Å². The molecular weight excluding hydrogens is 236 g/mol. The highest BCUT2D eigenvalue weighted by Gasteiger charge is 2.03. The number of ether oxygens (including phenoxy) is 1. The van der Waals surface area contributed by atoms with Crippen molar-refractivity contribution in [3.8, 4) is 5.75 Å². The van der Waals surface area contributed by atoms with Crippen LogP contribution in [0.25, 0.3) is 0 Å². The maximum atomic E-state index is 11.0. The number of rotatable bonds is 5. The molecule has 2 aromatic rings. The summed E-state index contributed by atoms with van der Waals surface area (Å²) >= 11 is 0. The van der Waals surface area contributed by atoms with Crippen LogP contribution in [0.2, 0.25) is 0 Å². The summed E-state index contributed by atoms with van der Waals surface area (Å²) in [7, 11) is 0. The molecule has 0 heterocycles. The third-order valence-corrected chi connectivity index (χ3v) is 3.12. The minimum Gasteiger partial charge on any atom is -0.488 e. The molecule has 0 saturated carbocycles. The molecule has 0 unspecified atom stereocenters. The molecule has 0 N–H and O–H groups in total. The molecule has 19 heavy (non-hydrogen) atoms. The average Bonchev–Trinajstić information content (AvgIpc) is 2.46. The van der Waals surface area contributed by atoms with E-state index >= 15 is 0 Å². The summed E-state index contributed by atoms with van der Waals surface area (Å²) in [6, 6.07) is 14.0. The Bertz CT molecular complexity index is 556. The molecule has 0 bridgehead atoms. The molecular formula is C17H18O2. The maximum absolute atomic E-state index is 11.0. The summed E-state index contributed by atoms with van der Waals surface area (Å²) in [5.41, 5.74) is 4.08. The lowest BCUT2D eigenvalue weighted by molar-refractivity contribution is 0.111. The summed E-state index contributed by atoms with van der Waals surface area (Å²) < 4.78 is 5.71. The van der Waals surface area contributed by atoms with Crippen molar-refractivity contribution in [2.24, 2.45) is 0 Å². The molecule has 0 aliphatic rings. The Morgan fingerprint density at radius 1 is 1.05 bits per heavy atom. The van der Waals surface area contributed by atoms with E-state index in [1.54, 1.807) is 0 Å². The Morgan fingerprint density at radius 2 is 1.74 bits per heavy atom. The van der Waals surface area contributed by atoms with E-state index in [0.29, 0.717) is 17.9 Å². The molecule has 0 aliphatic heterocycles. The van der Waals surface area contributed by atoms with Crippen molar-refractivity contribution in [3.05, 3.63) is 64.7 Å². The van der Waals surface area contributed by atoms with Crippen LogP contribution in [0.3, 0.4) is 0 Å². The molecule has 2 rings (SSSR count). The van der Waals surface area contributed by atoms with Gasteiger partial charge in [-0.3, -0.25) is 4.79 Å². The Labute approximate surface area is 114 Å². The van der Waals surface area contributed by atoms with Crippen LogP contribution in [0, 0.1) is 6.92 Å². The van der Waals surface area contributed by atoms with Crippen LogP contribution in [0.15, 0.2) is 42.5 Å². The van der Waals surface area contributed by atoms with E-state index in [1.165, 1.54) is 5.56 Å². The van der Waals surface area contributed by atoms with Gasteiger partial charge in [0.05, 0.1) is 5.56 Å². The zero-order chi connectivity index (χ0) is 13.7. The van der Waals surface area contributed by atoms with E-state index in [2.05, 4.69) is 31.2 Å². The van der Waals surface area contributed by atoms with Gasteiger partial charge in [-0.05, 0) is 36.6 Å². The smallest absolute Gasteiger partial charge is 0.153 e. The van der Waals surface area contributed by atoms with E-state index in [4.69, 9.17) is 4.74 Å². The Kier molecular flexibility index (Phi) is 4.35. The lowest BCUT2D eigenvalue weighted by Gasteiger charge is -2.09. The fourth-order valence-electron chi connectivity index (χ4n) is 1.92. The van der Waals surface area contributed by atoms with Gasteiger partial charge < -0.3 is 4.74 Å². The van der Waals surface area contributed by atoms with Gasteiger partial charge in [0.25, 0.3) is 0 Å². The first kappa shape index (κ1) is 13.3. The molecule has 0 aliphatic carbocycles. The molecule has 2 aromatic carbocycles. The van der Waals surface area contributed by atoms with E-state index in [9.17, 15) is 4.79 Å². The first-order chi connectivity index (χ1) is 9.22. The third-order valence-electron chi connectivity index (χ3n) is 3.12. The second-order valence-corrected chi connectivity index (χ2v) is 4.62. The molecule has 0 saturated heterocycles. The SMILES string of the molecule is CCc1ccc(COc2ccc(C)cc2C=O)cc1. The van der Waals surface area contributed by atoms with Crippen LogP contribution in [-0.4, -0.2) is 6.29 Å². The first-order valence-corrected chi connectivity index (χ1v) is 6.49. The van der Waals surface area contributed by atoms with Gasteiger partial charge >= 0.3 is 0 Å². The monoisotopic (exact) mass is 254 g/mol. The number of benzene rings is 2. The highest BCUT2D eigenvalue weighted by Crippen LogP contribution is 2.19. The molecule has 0 spiro atoms. The Hall–Kier alpha value is -2.09. The van der Waals surface area contributed by atoms with Gasteiger partial charge in [0.2, 0.25) is 0 Å². The Morgan fingerprint density at radius 3 is 2.37 bits per heavy atom. The van der Waals surface area contributed by atoms with Crippen molar-refractivity contribution in [3.63, 3.8) is 0 Å². The number of aldehydes is 1. The molecule has 0 atom stereocenters. The van der Waals surface area contributed by atoms with Gasteiger partial charge in [-0.2, -0.15) is 0 Å². The zero-order valence-corrected chi connectivity index (χ0v) is 11.3. The number of carbonyl (C=O) groups is 1. The van der Waals surface area contributed by atoms with Crippen LogP contribution in [-0.2, 0) is 13.0 Å². The highest BCUT2D eigenvalue weighted by molar-refractivity contribution is 5.79. The van der Waals surface area contributed by atoms with Gasteiger partial charge in [-0.25, -0.2) is 0 Å². The quantitative estimate of drug-likeness (QED) is 0.755. The third kappa shape index (κ3) is 3.44. The minimum atomic E-state index is 0.480. The summed E-state index contributed by atoms with van der Waals surface area (Å²) in [5.74, 6) is 0.639. The van der Waals surface area contributed by atoms with Gasteiger partial charge in [-0.15, -0.1) is 0 Å². The molecule has 2 heteroatoms. The van der Waals surface area contributed by atoms with Gasteiger partial charge in [0, 0.05) is 0 Å². The van der Waals surface area contributed by atoms with Crippen LogP contribution in [0.4, 0.5) is 0 Å². The predicted octanol–water partition coefficient (Wildman–Crippen LogP) is 3.95. The predicted molar refractivity (Wildman–Crippen MR) is 76.7 cm³/mol. The van der Waals surface area contributed by atoms with Gasteiger partial charge in [0.15, 0.2) is 6.29 Å². The van der Waals surface area contributed by atoms with Crippen molar-refractivity contribution in [1.82, 2.24) is 0 Å². The maximum Gasteiger partial charge on any atom is 0.153 e. The summed E-state index contributed by atoms with van der Waals surface area (Å²) in [6.45, 7) is 4.57. The van der Waals surface area contributed by atoms with Gasteiger partial charge in [0.1, 0.15) is 12.4 Å². The van der Waals surface area contributed by atoms with Crippen molar-refractivity contribution >= 4 is 6.29 Å². The fourth-order valence-corrected chi connectivity index (χ4v) is 1.92. The second-order valence-electron chi connectivity index (χ2n) is 4.62. The Balaban J connectivity index is 2.07. The summed E-state index contributed by atoms with van der Waals surface area (Å²) in [4.78, 5) is 11.0. The van der Waals surface area contributed by atoms with E-state index in [1.807, 2.05) is 25.1 Å². The number of hydrogen-bond donors (Lipinski definition) is 0. The molecule has 0 fully saturated rings. The van der Waals surface area contributed by atoms with Crippen LogP contribution >= 0.6 is 0 Å². The topological polar surface area (TPSA) is 26.3 Å². The fraction of sp³-hybridized carbons (Fsp3) is 0.235. The highest BCUT2D eigenvalue weighted by atomic mass is 16.5. The van der Waals surface area contributed by atoms with Crippen molar-refractivity contribution in [2.45, 2.75) is 26.9 Å². The van der Waals surface area contributed by atoms with Crippen molar-refractivity contribution in [1.29, 1.82) is 0 Å². The van der Waals surface area contributed by atoms with Crippen LogP contribution < -0.4 is 4.74 Å². The summed E-state index contributed by atoms with van der Waals surface area (Å²) in [5, 5.41) is 0. The zero-order valence-electron chi connectivity index (χ0n) is 11.3. The lowest BCUT2D eigenvalue weighted by Crippen LogP contribution is -1.98. The molecule has 0 amide bonds.